The first kappa shape index (κ1) is 14.9. The first-order chi connectivity index (χ1) is 8.52. The van der Waals surface area contributed by atoms with Crippen molar-refractivity contribution in [1.29, 1.82) is 0 Å². The van der Waals surface area contributed by atoms with Gasteiger partial charge in [-0.15, -0.1) is 0 Å². The van der Waals surface area contributed by atoms with Crippen molar-refractivity contribution in [2.75, 3.05) is 22.6 Å². The lowest BCUT2D eigenvalue weighted by molar-refractivity contribution is -0.113. The average Bonchev–Trinajstić information content (AvgIpc) is 2.32. The topological polar surface area (TPSA) is 55.1 Å². The second-order valence-electron chi connectivity index (χ2n) is 4.67. The molecule has 0 aromatic heterocycles. The van der Waals surface area contributed by atoms with Gasteiger partial charge in [0.15, 0.2) is 0 Å². The molecule has 0 spiro atoms. The zero-order valence-electron chi connectivity index (χ0n) is 11.3. The maximum absolute atomic E-state index is 11.7. The lowest BCUT2D eigenvalue weighted by Crippen LogP contribution is -2.16. The van der Waals surface area contributed by atoms with Gasteiger partial charge in [-0.25, -0.2) is 0 Å². The largest absolute Gasteiger partial charge is 0.397 e. The summed E-state index contributed by atoms with van der Waals surface area (Å²) >= 11 is 1.67. The summed E-state index contributed by atoms with van der Waals surface area (Å²) in [4.78, 5) is 11.7. The Labute approximate surface area is 114 Å². The van der Waals surface area contributed by atoms with Crippen molar-refractivity contribution < 1.29 is 4.79 Å². The van der Waals surface area contributed by atoms with E-state index in [2.05, 4.69) is 19.2 Å². The second kappa shape index (κ2) is 7.31. The number of thioether (sulfide) groups is 1. The van der Waals surface area contributed by atoms with Gasteiger partial charge in [-0.1, -0.05) is 26.3 Å². The van der Waals surface area contributed by atoms with Crippen LogP contribution in [0.2, 0.25) is 0 Å². The van der Waals surface area contributed by atoms with Gasteiger partial charge in [-0.3, -0.25) is 4.79 Å². The predicted molar refractivity (Wildman–Crippen MR) is 81.0 cm³/mol. The fourth-order valence-corrected chi connectivity index (χ4v) is 2.47. The fourth-order valence-electron chi connectivity index (χ4n) is 1.45. The van der Waals surface area contributed by atoms with Crippen LogP contribution in [0, 0.1) is 12.8 Å². The number of anilines is 2. The van der Waals surface area contributed by atoms with Crippen LogP contribution >= 0.6 is 11.8 Å². The maximum atomic E-state index is 11.7. The van der Waals surface area contributed by atoms with E-state index in [1.54, 1.807) is 11.8 Å². The van der Waals surface area contributed by atoms with Gasteiger partial charge >= 0.3 is 0 Å². The number of nitrogens with two attached hydrogens (primary N) is 1. The molecule has 0 saturated heterocycles. The van der Waals surface area contributed by atoms with Crippen LogP contribution in [0.4, 0.5) is 11.4 Å². The molecule has 4 heteroatoms. The number of hydrogen-bond acceptors (Lipinski definition) is 3. The molecule has 18 heavy (non-hydrogen) atoms. The molecule has 3 nitrogen and oxygen atoms in total. The molecule has 3 N–H and O–H groups in total. The molecule has 0 heterocycles. The van der Waals surface area contributed by atoms with E-state index in [1.165, 1.54) is 0 Å². The molecule has 100 valence electrons. The average molecular weight is 266 g/mol. The third-order valence-electron chi connectivity index (χ3n) is 2.81. The van der Waals surface area contributed by atoms with Crippen LogP contribution in [0.3, 0.4) is 0 Å². The quantitative estimate of drug-likeness (QED) is 0.777. The Hall–Kier alpha value is -1.16. The van der Waals surface area contributed by atoms with Gasteiger partial charge in [0.2, 0.25) is 5.91 Å². The third kappa shape index (κ3) is 5.00. The Morgan fingerprint density at radius 1 is 1.50 bits per heavy atom. The van der Waals surface area contributed by atoms with E-state index in [0.717, 1.165) is 17.7 Å². The minimum atomic E-state index is 0.0128. The van der Waals surface area contributed by atoms with E-state index < -0.39 is 0 Å². The molecule has 1 aromatic rings. The number of nitrogen functional groups attached to an aromatic ring is 1. The van der Waals surface area contributed by atoms with Gasteiger partial charge < -0.3 is 11.1 Å². The van der Waals surface area contributed by atoms with Crippen molar-refractivity contribution in [3.8, 4) is 0 Å². The number of rotatable bonds is 6. The van der Waals surface area contributed by atoms with Crippen molar-refractivity contribution in [3.63, 3.8) is 0 Å². The van der Waals surface area contributed by atoms with Crippen LogP contribution in [0.5, 0.6) is 0 Å². The highest BCUT2D eigenvalue weighted by Gasteiger charge is 2.06. The maximum Gasteiger partial charge on any atom is 0.234 e. The molecule has 1 unspecified atom stereocenters. The van der Waals surface area contributed by atoms with Crippen molar-refractivity contribution in [1.82, 2.24) is 0 Å². The van der Waals surface area contributed by atoms with E-state index in [0.29, 0.717) is 23.0 Å². The Bertz CT molecular complexity index is 407. The summed E-state index contributed by atoms with van der Waals surface area (Å²) in [5.74, 6) is 2.18. The monoisotopic (exact) mass is 266 g/mol. The van der Waals surface area contributed by atoms with Crippen molar-refractivity contribution in [2.45, 2.75) is 27.2 Å². The van der Waals surface area contributed by atoms with E-state index in [1.807, 2.05) is 25.1 Å². The lowest BCUT2D eigenvalue weighted by Gasteiger charge is -2.10. The molecule has 0 radical (unpaired) electrons. The molecule has 0 aliphatic heterocycles. The molecule has 0 aliphatic carbocycles. The molecule has 0 bridgehead atoms. The molecular formula is C14H22N2OS. The fraction of sp³-hybridized carbons (Fsp3) is 0.500. The van der Waals surface area contributed by atoms with Gasteiger partial charge in [0.25, 0.3) is 0 Å². The van der Waals surface area contributed by atoms with Crippen LogP contribution in [0.15, 0.2) is 18.2 Å². The van der Waals surface area contributed by atoms with Crippen LogP contribution in [-0.2, 0) is 4.79 Å². The van der Waals surface area contributed by atoms with Gasteiger partial charge in [0, 0.05) is 0 Å². The van der Waals surface area contributed by atoms with E-state index in [4.69, 9.17) is 5.73 Å². The predicted octanol–water partition coefficient (Wildman–Crippen LogP) is 3.30. The minimum absolute atomic E-state index is 0.0128. The minimum Gasteiger partial charge on any atom is -0.397 e. The summed E-state index contributed by atoms with van der Waals surface area (Å²) in [5, 5.41) is 2.84. The van der Waals surface area contributed by atoms with E-state index in [-0.39, 0.29) is 5.91 Å². The molecule has 0 fully saturated rings. The van der Waals surface area contributed by atoms with Crippen molar-refractivity contribution in [3.05, 3.63) is 23.8 Å². The highest BCUT2D eigenvalue weighted by atomic mass is 32.2. The van der Waals surface area contributed by atoms with Gasteiger partial charge in [-0.2, -0.15) is 11.8 Å². The highest BCUT2D eigenvalue weighted by Crippen LogP contribution is 2.20. The summed E-state index contributed by atoms with van der Waals surface area (Å²) in [6.45, 7) is 6.34. The first-order valence-electron chi connectivity index (χ1n) is 6.26. The number of amides is 1. The smallest absolute Gasteiger partial charge is 0.234 e. The Balaban J connectivity index is 2.40. The zero-order valence-corrected chi connectivity index (χ0v) is 12.1. The van der Waals surface area contributed by atoms with Gasteiger partial charge in [0.1, 0.15) is 0 Å². The Kier molecular flexibility index (Phi) is 6.05. The number of nitrogens with one attached hydrogen (secondary N) is 1. The van der Waals surface area contributed by atoms with Crippen molar-refractivity contribution in [2.24, 2.45) is 5.92 Å². The normalized spacial score (nSPS) is 12.2. The summed E-state index contributed by atoms with van der Waals surface area (Å²) in [6, 6.07) is 5.65. The SMILES string of the molecule is CCC(C)CSCC(=O)Nc1ccc(C)cc1N. The van der Waals surface area contributed by atoms with Gasteiger partial charge in [0.05, 0.1) is 17.1 Å². The Morgan fingerprint density at radius 3 is 2.83 bits per heavy atom. The molecular weight excluding hydrogens is 244 g/mol. The van der Waals surface area contributed by atoms with E-state index >= 15 is 0 Å². The van der Waals surface area contributed by atoms with Crippen LogP contribution in [0.1, 0.15) is 25.8 Å². The Morgan fingerprint density at radius 2 is 2.22 bits per heavy atom. The molecule has 0 saturated carbocycles. The summed E-state index contributed by atoms with van der Waals surface area (Å²) < 4.78 is 0. The van der Waals surface area contributed by atoms with E-state index in [9.17, 15) is 4.79 Å². The summed E-state index contributed by atoms with van der Waals surface area (Å²) in [6.07, 6.45) is 1.15. The van der Waals surface area contributed by atoms with Crippen LogP contribution in [-0.4, -0.2) is 17.4 Å². The number of benzene rings is 1. The molecule has 1 aromatic carbocycles. The number of carbonyl (C=O) groups is 1. The standard InChI is InChI=1S/C14H22N2OS/c1-4-10(2)8-18-9-14(17)16-13-6-5-11(3)7-12(13)15/h5-7,10H,4,8-9,15H2,1-3H3,(H,16,17). The van der Waals surface area contributed by atoms with Crippen LogP contribution in [0.25, 0.3) is 0 Å². The first-order valence-corrected chi connectivity index (χ1v) is 7.42. The highest BCUT2D eigenvalue weighted by molar-refractivity contribution is 7.99. The summed E-state index contributed by atoms with van der Waals surface area (Å²) in [5.41, 5.74) is 8.26. The molecule has 0 aliphatic rings. The summed E-state index contributed by atoms with van der Waals surface area (Å²) in [7, 11) is 0. The van der Waals surface area contributed by atoms with Gasteiger partial charge in [-0.05, 0) is 36.3 Å². The number of carbonyl (C=O) groups excluding carboxylic acids is 1. The molecule has 1 rings (SSSR count). The molecule has 1 atom stereocenters. The number of aryl methyl sites for hydroxylation is 1. The van der Waals surface area contributed by atoms with Crippen LogP contribution < -0.4 is 11.1 Å². The lowest BCUT2D eigenvalue weighted by atomic mass is 10.2. The second-order valence-corrected chi connectivity index (χ2v) is 5.70. The third-order valence-corrected chi connectivity index (χ3v) is 4.08. The number of hydrogen-bond donors (Lipinski definition) is 2. The van der Waals surface area contributed by atoms with Crippen molar-refractivity contribution >= 4 is 29.0 Å². The molecule has 1 amide bonds. The zero-order chi connectivity index (χ0) is 13.5.